The maximum atomic E-state index is 11.9. The van der Waals surface area contributed by atoms with Gasteiger partial charge in [-0.3, -0.25) is 9.59 Å². The largest absolute Gasteiger partial charge is 0.480 e. The summed E-state index contributed by atoms with van der Waals surface area (Å²) in [5.74, 6) is -1.69. The molecular weight excluding hydrogens is 398 g/mol. The minimum Gasteiger partial charge on any atom is -0.480 e. The molecule has 10 heteroatoms. The van der Waals surface area contributed by atoms with Gasteiger partial charge in [-0.15, -0.1) is 0 Å². The summed E-state index contributed by atoms with van der Waals surface area (Å²) < 4.78 is 25.9. The van der Waals surface area contributed by atoms with Gasteiger partial charge in [-0.25, -0.2) is 4.79 Å². The molecule has 30 heavy (non-hydrogen) atoms. The van der Waals surface area contributed by atoms with Crippen molar-refractivity contribution in [3.8, 4) is 0 Å². The molecule has 0 heterocycles. The van der Waals surface area contributed by atoms with E-state index in [2.05, 4.69) is 17.0 Å². The van der Waals surface area contributed by atoms with Crippen molar-refractivity contribution in [2.45, 2.75) is 39.5 Å². The fourth-order valence-electron chi connectivity index (χ4n) is 2.34. The van der Waals surface area contributed by atoms with Gasteiger partial charge in [0, 0.05) is 6.54 Å². The quantitative estimate of drug-likeness (QED) is 0.200. The van der Waals surface area contributed by atoms with Crippen LogP contribution in [-0.4, -0.2) is 89.0 Å². The van der Waals surface area contributed by atoms with Crippen molar-refractivity contribution in [2.24, 2.45) is 5.92 Å². The number of carbonyl (C=O) groups excluding carboxylic acids is 2. The Hall–Kier alpha value is -1.75. The summed E-state index contributed by atoms with van der Waals surface area (Å²) in [5, 5.41) is 10.9. The van der Waals surface area contributed by atoms with E-state index in [9.17, 15) is 14.4 Å². The lowest BCUT2D eigenvalue weighted by Gasteiger charge is -2.13. The molecule has 0 aliphatic rings. The number of amides is 1. The number of nitrogens with one attached hydrogen (secondary N) is 1. The van der Waals surface area contributed by atoms with E-state index in [0.29, 0.717) is 46.2 Å². The van der Waals surface area contributed by atoms with E-state index in [1.807, 2.05) is 6.92 Å². The summed E-state index contributed by atoms with van der Waals surface area (Å²) in [6.45, 7) is 6.06. The Morgan fingerprint density at radius 3 is 2.00 bits per heavy atom. The Bertz CT molecular complexity index is 460. The normalized spacial score (nSPS) is 11.8. The summed E-state index contributed by atoms with van der Waals surface area (Å²) in [4.78, 5) is 33.4. The van der Waals surface area contributed by atoms with Gasteiger partial charge >= 0.3 is 11.9 Å². The zero-order chi connectivity index (χ0) is 22.5. The van der Waals surface area contributed by atoms with Gasteiger partial charge in [-0.05, 0) is 12.8 Å². The van der Waals surface area contributed by atoms with Crippen molar-refractivity contribution in [1.29, 1.82) is 0 Å². The number of rotatable bonds is 21. The van der Waals surface area contributed by atoms with Crippen molar-refractivity contribution in [1.82, 2.24) is 5.32 Å². The number of ether oxygens (including phenoxy) is 5. The van der Waals surface area contributed by atoms with Crippen LogP contribution < -0.4 is 5.32 Å². The van der Waals surface area contributed by atoms with Crippen LogP contribution in [0.5, 0.6) is 0 Å². The number of unbranched alkanes of at least 4 members (excludes halogenated alkanes) is 1. The van der Waals surface area contributed by atoms with E-state index in [1.165, 1.54) is 0 Å². The molecule has 0 aliphatic carbocycles. The number of carboxylic acid groups (broad SMARTS) is 1. The SMILES string of the molecule is CCCCC(CC)C(=O)OCCOCCOCCOCCNC(=O)COCC(=O)O. The Kier molecular flexibility index (Phi) is 19.3. The van der Waals surface area contributed by atoms with Gasteiger partial charge in [-0.2, -0.15) is 0 Å². The third-order valence-electron chi connectivity index (χ3n) is 3.98. The Morgan fingerprint density at radius 1 is 0.833 bits per heavy atom. The molecule has 0 aliphatic heterocycles. The molecule has 0 saturated carbocycles. The van der Waals surface area contributed by atoms with Crippen molar-refractivity contribution in [3.05, 3.63) is 0 Å². The van der Waals surface area contributed by atoms with E-state index in [1.54, 1.807) is 0 Å². The van der Waals surface area contributed by atoms with Gasteiger partial charge < -0.3 is 34.1 Å². The van der Waals surface area contributed by atoms with Crippen LogP contribution in [0, 0.1) is 5.92 Å². The van der Waals surface area contributed by atoms with Crippen LogP contribution >= 0.6 is 0 Å². The van der Waals surface area contributed by atoms with Crippen molar-refractivity contribution in [2.75, 3.05) is 66.0 Å². The van der Waals surface area contributed by atoms with Crippen molar-refractivity contribution >= 4 is 17.8 Å². The second-order valence-electron chi connectivity index (χ2n) is 6.49. The molecule has 2 N–H and O–H groups in total. The first kappa shape index (κ1) is 28.2. The van der Waals surface area contributed by atoms with E-state index >= 15 is 0 Å². The highest BCUT2D eigenvalue weighted by Gasteiger charge is 2.16. The minimum absolute atomic E-state index is 0.0214. The van der Waals surface area contributed by atoms with Crippen LogP contribution in [-0.2, 0) is 38.1 Å². The molecule has 0 bridgehead atoms. The van der Waals surface area contributed by atoms with Crippen LogP contribution in [0.1, 0.15) is 39.5 Å². The van der Waals surface area contributed by atoms with E-state index in [0.717, 1.165) is 25.7 Å². The fourth-order valence-corrected chi connectivity index (χ4v) is 2.34. The lowest BCUT2D eigenvalue weighted by Crippen LogP contribution is -2.31. The van der Waals surface area contributed by atoms with Crippen LogP contribution in [0.25, 0.3) is 0 Å². The molecule has 176 valence electrons. The predicted octanol–water partition coefficient (Wildman–Crippen LogP) is 1.01. The third kappa shape index (κ3) is 18.3. The monoisotopic (exact) mass is 435 g/mol. The number of hydrogen-bond donors (Lipinski definition) is 2. The second kappa shape index (κ2) is 20.5. The zero-order valence-electron chi connectivity index (χ0n) is 18.2. The Morgan fingerprint density at radius 2 is 1.43 bits per heavy atom. The van der Waals surface area contributed by atoms with Gasteiger partial charge in [0.2, 0.25) is 5.91 Å². The molecule has 0 fully saturated rings. The van der Waals surface area contributed by atoms with Gasteiger partial charge in [0.15, 0.2) is 0 Å². The standard InChI is InChI=1S/C20H37NO9/c1-3-5-6-17(4-2)20(25)30-14-13-28-12-11-27-10-9-26-8-7-21-18(22)15-29-16-19(23)24/h17H,3-16H2,1-2H3,(H,21,22)(H,23,24). The molecule has 0 aromatic heterocycles. The van der Waals surface area contributed by atoms with Crippen LogP contribution in [0.4, 0.5) is 0 Å². The van der Waals surface area contributed by atoms with E-state index < -0.39 is 18.5 Å². The smallest absolute Gasteiger partial charge is 0.329 e. The summed E-state index contributed by atoms with van der Waals surface area (Å²) in [5.41, 5.74) is 0. The van der Waals surface area contributed by atoms with Gasteiger partial charge in [-0.1, -0.05) is 26.7 Å². The predicted molar refractivity (Wildman–Crippen MR) is 108 cm³/mol. The summed E-state index contributed by atoms with van der Waals surface area (Å²) >= 11 is 0. The first-order valence-corrected chi connectivity index (χ1v) is 10.5. The van der Waals surface area contributed by atoms with Gasteiger partial charge in [0.1, 0.15) is 19.8 Å². The average molecular weight is 436 g/mol. The van der Waals surface area contributed by atoms with E-state index in [4.69, 9.17) is 24.1 Å². The number of esters is 1. The van der Waals surface area contributed by atoms with Crippen molar-refractivity contribution in [3.63, 3.8) is 0 Å². The number of carboxylic acids is 1. The third-order valence-corrected chi connectivity index (χ3v) is 3.98. The van der Waals surface area contributed by atoms with Gasteiger partial charge in [0.05, 0.1) is 45.6 Å². The molecule has 1 atom stereocenters. The van der Waals surface area contributed by atoms with Gasteiger partial charge in [0.25, 0.3) is 0 Å². The molecule has 0 aromatic rings. The van der Waals surface area contributed by atoms with Crippen molar-refractivity contribution < 1.29 is 43.2 Å². The van der Waals surface area contributed by atoms with E-state index in [-0.39, 0.29) is 25.1 Å². The number of aliphatic carboxylic acids is 1. The Balaban J connectivity index is 3.35. The maximum absolute atomic E-state index is 11.9. The molecule has 0 aromatic carbocycles. The molecule has 0 rings (SSSR count). The summed E-state index contributed by atoms with van der Waals surface area (Å²) in [7, 11) is 0. The highest BCUT2D eigenvalue weighted by atomic mass is 16.6. The highest BCUT2D eigenvalue weighted by Crippen LogP contribution is 2.14. The lowest BCUT2D eigenvalue weighted by molar-refractivity contribution is -0.150. The Labute approximate surface area is 178 Å². The number of hydrogen-bond acceptors (Lipinski definition) is 8. The summed E-state index contributed by atoms with van der Waals surface area (Å²) in [6.07, 6.45) is 3.77. The lowest BCUT2D eigenvalue weighted by atomic mass is 10.00. The molecule has 0 radical (unpaired) electrons. The molecule has 10 nitrogen and oxygen atoms in total. The topological polar surface area (TPSA) is 130 Å². The van der Waals surface area contributed by atoms with Crippen LogP contribution in [0.3, 0.4) is 0 Å². The molecule has 0 saturated heterocycles. The average Bonchev–Trinajstić information content (AvgIpc) is 2.71. The minimum atomic E-state index is -1.12. The second-order valence-corrected chi connectivity index (χ2v) is 6.49. The maximum Gasteiger partial charge on any atom is 0.329 e. The fraction of sp³-hybridized carbons (Fsp3) is 0.850. The van der Waals surface area contributed by atoms with Crippen LogP contribution in [0.2, 0.25) is 0 Å². The number of carbonyl (C=O) groups is 3. The molecule has 1 unspecified atom stereocenters. The molecule has 0 spiro atoms. The molecule has 1 amide bonds. The highest BCUT2D eigenvalue weighted by molar-refractivity contribution is 5.77. The first-order valence-electron chi connectivity index (χ1n) is 10.5. The first-order chi connectivity index (χ1) is 14.5. The summed E-state index contributed by atoms with van der Waals surface area (Å²) in [6, 6.07) is 0. The zero-order valence-corrected chi connectivity index (χ0v) is 18.2. The van der Waals surface area contributed by atoms with Crippen LogP contribution in [0.15, 0.2) is 0 Å². The molecular formula is C20H37NO9.